The Balaban J connectivity index is 2.22. The standard InChI is InChI=1S/C15H15BrN4/c1-17-14(15-12(16)9-19-20(15)2)11-5-3-7-13-10(11)6-4-8-18-13/h3-9,14,17H,1-2H3. The van der Waals surface area contributed by atoms with Crippen molar-refractivity contribution in [2.45, 2.75) is 6.04 Å². The van der Waals surface area contributed by atoms with Crippen LogP contribution in [0.25, 0.3) is 10.9 Å². The van der Waals surface area contributed by atoms with Crippen LogP contribution in [0, 0.1) is 0 Å². The topological polar surface area (TPSA) is 42.7 Å². The Morgan fingerprint density at radius 3 is 2.80 bits per heavy atom. The molecule has 0 saturated heterocycles. The summed E-state index contributed by atoms with van der Waals surface area (Å²) in [6.07, 6.45) is 3.64. The third-order valence-electron chi connectivity index (χ3n) is 3.49. The number of hydrogen-bond donors (Lipinski definition) is 1. The molecule has 102 valence electrons. The van der Waals surface area contributed by atoms with Gasteiger partial charge in [-0.2, -0.15) is 5.10 Å². The van der Waals surface area contributed by atoms with E-state index in [2.05, 4.69) is 43.5 Å². The molecule has 0 spiro atoms. The highest BCUT2D eigenvalue weighted by Gasteiger charge is 2.20. The molecule has 0 bridgehead atoms. The zero-order valence-corrected chi connectivity index (χ0v) is 12.9. The van der Waals surface area contributed by atoms with Gasteiger partial charge >= 0.3 is 0 Å². The SMILES string of the molecule is CNC(c1cccc2ncccc12)c1c(Br)cnn1C. The van der Waals surface area contributed by atoms with Gasteiger partial charge in [0.2, 0.25) is 0 Å². The minimum atomic E-state index is 0.0600. The molecule has 3 aromatic rings. The maximum atomic E-state index is 4.42. The highest BCUT2D eigenvalue weighted by atomic mass is 79.9. The Morgan fingerprint density at radius 2 is 2.10 bits per heavy atom. The highest BCUT2D eigenvalue weighted by molar-refractivity contribution is 9.10. The van der Waals surface area contributed by atoms with Crippen LogP contribution in [0.1, 0.15) is 17.3 Å². The van der Waals surface area contributed by atoms with Crippen molar-refractivity contribution in [3.63, 3.8) is 0 Å². The fourth-order valence-corrected chi connectivity index (χ4v) is 3.14. The summed E-state index contributed by atoms with van der Waals surface area (Å²) in [6, 6.07) is 10.3. The first-order valence-corrected chi connectivity index (χ1v) is 7.20. The summed E-state index contributed by atoms with van der Waals surface area (Å²) >= 11 is 3.58. The third-order valence-corrected chi connectivity index (χ3v) is 4.10. The van der Waals surface area contributed by atoms with E-state index in [-0.39, 0.29) is 6.04 Å². The van der Waals surface area contributed by atoms with Crippen LogP contribution in [-0.4, -0.2) is 21.8 Å². The number of fused-ring (bicyclic) bond motifs is 1. The summed E-state index contributed by atoms with van der Waals surface area (Å²) in [4.78, 5) is 4.42. The Morgan fingerprint density at radius 1 is 1.25 bits per heavy atom. The number of aromatic nitrogens is 3. The van der Waals surface area contributed by atoms with Crippen LogP contribution >= 0.6 is 15.9 Å². The molecule has 0 aliphatic rings. The molecule has 0 radical (unpaired) electrons. The van der Waals surface area contributed by atoms with Crippen LogP contribution in [0.15, 0.2) is 47.2 Å². The number of halogens is 1. The number of benzene rings is 1. The summed E-state index contributed by atoms with van der Waals surface area (Å²) in [5, 5.41) is 8.84. The predicted molar refractivity (Wildman–Crippen MR) is 83.6 cm³/mol. The molecule has 0 aliphatic heterocycles. The quantitative estimate of drug-likeness (QED) is 0.802. The Kier molecular flexibility index (Phi) is 3.54. The monoisotopic (exact) mass is 330 g/mol. The molecular formula is C15H15BrN4. The van der Waals surface area contributed by atoms with Gasteiger partial charge in [0, 0.05) is 18.6 Å². The van der Waals surface area contributed by atoms with Crippen molar-refractivity contribution in [1.82, 2.24) is 20.1 Å². The van der Waals surface area contributed by atoms with E-state index in [9.17, 15) is 0 Å². The molecule has 2 aromatic heterocycles. The van der Waals surface area contributed by atoms with Crippen molar-refractivity contribution < 1.29 is 0 Å². The van der Waals surface area contributed by atoms with E-state index in [1.165, 1.54) is 5.56 Å². The summed E-state index contributed by atoms with van der Waals surface area (Å²) < 4.78 is 2.89. The molecule has 5 heteroatoms. The molecule has 0 fully saturated rings. The second-order valence-electron chi connectivity index (χ2n) is 4.64. The molecule has 0 saturated carbocycles. The van der Waals surface area contributed by atoms with Crippen LogP contribution in [-0.2, 0) is 7.05 Å². The lowest BCUT2D eigenvalue weighted by molar-refractivity contribution is 0.607. The first-order valence-electron chi connectivity index (χ1n) is 6.40. The van der Waals surface area contributed by atoms with E-state index >= 15 is 0 Å². The maximum absolute atomic E-state index is 4.42. The lowest BCUT2D eigenvalue weighted by Crippen LogP contribution is -2.21. The smallest absolute Gasteiger partial charge is 0.0763 e. The Bertz CT molecular complexity index is 726. The highest BCUT2D eigenvalue weighted by Crippen LogP contribution is 2.31. The normalized spacial score (nSPS) is 12.8. The lowest BCUT2D eigenvalue weighted by atomic mass is 9.99. The molecule has 1 atom stereocenters. The van der Waals surface area contributed by atoms with Gasteiger partial charge in [-0.05, 0) is 40.7 Å². The van der Waals surface area contributed by atoms with Gasteiger partial charge in [0.15, 0.2) is 0 Å². The van der Waals surface area contributed by atoms with E-state index < -0.39 is 0 Å². The fourth-order valence-electron chi connectivity index (χ4n) is 2.56. The number of hydrogen-bond acceptors (Lipinski definition) is 3. The van der Waals surface area contributed by atoms with E-state index in [0.29, 0.717) is 0 Å². The first kappa shape index (κ1) is 13.3. The van der Waals surface area contributed by atoms with Gasteiger partial charge in [-0.25, -0.2) is 0 Å². The number of nitrogens with one attached hydrogen (secondary N) is 1. The van der Waals surface area contributed by atoms with Crippen LogP contribution in [0.2, 0.25) is 0 Å². The maximum Gasteiger partial charge on any atom is 0.0763 e. The number of pyridine rings is 1. The zero-order valence-electron chi connectivity index (χ0n) is 11.3. The molecule has 0 amide bonds. The zero-order chi connectivity index (χ0) is 14.1. The molecule has 1 aromatic carbocycles. The summed E-state index contributed by atoms with van der Waals surface area (Å²) in [7, 11) is 3.91. The van der Waals surface area contributed by atoms with Gasteiger partial charge in [0.1, 0.15) is 0 Å². The lowest BCUT2D eigenvalue weighted by Gasteiger charge is -2.19. The Labute approximate surface area is 126 Å². The fraction of sp³-hybridized carbons (Fsp3) is 0.200. The van der Waals surface area contributed by atoms with Gasteiger partial charge in [-0.1, -0.05) is 18.2 Å². The largest absolute Gasteiger partial charge is 0.308 e. The molecule has 4 nitrogen and oxygen atoms in total. The van der Waals surface area contributed by atoms with Crippen molar-refractivity contribution in [2.75, 3.05) is 7.05 Å². The van der Waals surface area contributed by atoms with Crippen LogP contribution < -0.4 is 5.32 Å². The Hall–Kier alpha value is -1.72. The molecule has 1 unspecified atom stereocenters. The number of rotatable bonds is 3. The third kappa shape index (κ3) is 2.13. The van der Waals surface area contributed by atoms with Crippen molar-refractivity contribution in [1.29, 1.82) is 0 Å². The van der Waals surface area contributed by atoms with Crippen LogP contribution in [0.5, 0.6) is 0 Å². The van der Waals surface area contributed by atoms with E-state index in [1.54, 1.807) is 0 Å². The van der Waals surface area contributed by atoms with Gasteiger partial charge < -0.3 is 5.32 Å². The predicted octanol–water partition coefficient (Wildman–Crippen LogP) is 3.04. The van der Waals surface area contributed by atoms with Crippen molar-refractivity contribution in [2.24, 2.45) is 7.05 Å². The molecule has 0 aliphatic carbocycles. The van der Waals surface area contributed by atoms with Crippen LogP contribution in [0.3, 0.4) is 0 Å². The van der Waals surface area contributed by atoms with Gasteiger partial charge in [0.25, 0.3) is 0 Å². The van der Waals surface area contributed by atoms with Gasteiger partial charge in [-0.3, -0.25) is 9.67 Å². The van der Waals surface area contributed by atoms with Crippen molar-refractivity contribution in [3.05, 3.63) is 58.5 Å². The second kappa shape index (κ2) is 5.34. The molecular weight excluding hydrogens is 316 g/mol. The minimum Gasteiger partial charge on any atom is -0.308 e. The van der Waals surface area contributed by atoms with Gasteiger partial charge in [-0.15, -0.1) is 0 Å². The molecule has 1 N–H and O–H groups in total. The summed E-state index contributed by atoms with van der Waals surface area (Å²) in [5.41, 5.74) is 3.30. The van der Waals surface area contributed by atoms with Crippen molar-refractivity contribution >= 4 is 26.8 Å². The van der Waals surface area contributed by atoms with E-state index in [4.69, 9.17) is 0 Å². The van der Waals surface area contributed by atoms with E-state index in [0.717, 1.165) is 21.1 Å². The van der Waals surface area contributed by atoms with Crippen molar-refractivity contribution in [3.8, 4) is 0 Å². The van der Waals surface area contributed by atoms with Crippen LogP contribution in [0.4, 0.5) is 0 Å². The average Bonchev–Trinajstić information content (AvgIpc) is 2.81. The number of nitrogens with zero attached hydrogens (tertiary/aromatic N) is 3. The van der Waals surface area contributed by atoms with Gasteiger partial charge in [0.05, 0.1) is 27.9 Å². The molecule has 3 rings (SSSR count). The van der Waals surface area contributed by atoms with E-state index in [1.807, 2.05) is 49.4 Å². The molecule has 2 heterocycles. The summed E-state index contributed by atoms with van der Waals surface area (Å²) in [6.45, 7) is 0. The number of aryl methyl sites for hydroxylation is 1. The first-order chi connectivity index (χ1) is 9.72. The average molecular weight is 331 g/mol. The summed E-state index contributed by atoms with van der Waals surface area (Å²) in [5.74, 6) is 0. The molecule has 20 heavy (non-hydrogen) atoms. The minimum absolute atomic E-state index is 0.0600. The second-order valence-corrected chi connectivity index (χ2v) is 5.49.